The van der Waals surface area contributed by atoms with Crippen LogP contribution in [0, 0.1) is 0 Å². The van der Waals surface area contributed by atoms with Gasteiger partial charge in [0.1, 0.15) is 25.6 Å². The zero-order valence-corrected chi connectivity index (χ0v) is 15.4. The molecule has 0 bridgehead atoms. The lowest BCUT2D eigenvalue weighted by Gasteiger charge is -2.01. The Bertz CT molecular complexity index is 333. The first kappa shape index (κ1) is 27.1. The summed E-state index contributed by atoms with van der Waals surface area (Å²) >= 11 is 0. The van der Waals surface area contributed by atoms with Crippen molar-refractivity contribution in [2.24, 2.45) is 0 Å². The van der Waals surface area contributed by atoms with Crippen LogP contribution in [0.3, 0.4) is 0 Å². The highest BCUT2D eigenvalue weighted by Gasteiger charge is 2.01. The van der Waals surface area contributed by atoms with Crippen molar-refractivity contribution in [2.75, 3.05) is 19.8 Å². The van der Waals surface area contributed by atoms with Gasteiger partial charge in [0, 0.05) is 20.3 Å². The molecule has 0 aliphatic heterocycles. The standard InChI is InChI=1S/C6H11FO2.C5H9FO2.C5H10O2/c1-3-6(8)9-4-5(2)7;1-4(6)3-8-5(2)7;1-3-4-7-5(2)6/h5H,3-4H2,1-2H3;4H,3H2,1-2H3;3-4H2,1-2H3. The summed E-state index contributed by atoms with van der Waals surface area (Å²) in [7, 11) is 0. The maximum atomic E-state index is 11.9. The highest BCUT2D eigenvalue weighted by Crippen LogP contribution is 1.91. The minimum Gasteiger partial charge on any atom is -0.466 e. The summed E-state index contributed by atoms with van der Waals surface area (Å²) in [5.74, 6) is -0.976. The number of esters is 3. The molecule has 0 heterocycles. The lowest BCUT2D eigenvalue weighted by molar-refractivity contribution is -0.145. The molecule has 0 amide bonds. The third-order valence-electron chi connectivity index (χ3n) is 1.79. The second kappa shape index (κ2) is 19.3. The van der Waals surface area contributed by atoms with Crippen LogP contribution in [0.25, 0.3) is 0 Å². The first-order chi connectivity index (χ1) is 11.1. The smallest absolute Gasteiger partial charge is 0.305 e. The molecule has 0 aromatic carbocycles. The minimum atomic E-state index is -1.06. The zero-order chi connectivity index (χ0) is 19.5. The number of ether oxygens (including phenoxy) is 3. The van der Waals surface area contributed by atoms with E-state index in [2.05, 4.69) is 14.2 Å². The Hall–Kier alpha value is -1.73. The Morgan fingerprint density at radius 1 is 0.833 bits per heavy atom. The van der Waals surface area contributed by atoms with Gasteiger partial charge < -0.3 is 14.2 Å². The molecule has 0 radical (unpaired) electrons. The van der Waals surface area contributed by atoms with E-state index in [1.165, 1.54) is 27.7 Å². The van der Waals surface area contributed by atoms with Crippen molar-refractivity contribution in [3.05, 3.63) is 0 Å². The normalized spacial score (nSPS) is 11.5. The number of hydrogen-bond acceptors (Lipinski definition) is 6. The van der Waals surface area contributed by atoms with Gasteiger partial charge in [0.2, 0.25) is 0 Å². The van der Waals surface area contributed by atoms with Crippen molar-refractivity contribution in [3.63, 3.8) is 0 Å². The van der Waals surface area contributed by atoms with Gasteiger partial charge >= 0.3 is 17.9 Å². The molecule has 2 atom stereocenters. The molecule has 0 aromatic heterocycles. The predicted octanol–water partition coefficient (Wildman–Crippen LogP) is 3.16. The minimum absolute atomic E-state index is 0.118. The molecular weight excluding hydrogens is 326 g/mol. The van der Waals surface area contributed by atoms with Crippen molar-refractivity contribution in [1.82, 2.24) is 0 Å². The topological polar surface area (TPSA) is 78.9 Å². The van der Waals surface area contributed by atoms with E-state index in [0.29, 0.717) is 13.0 Å². The summed E-state index contributed by atoms with van der Waals surface area (Å²) in [6.07, 6.45) is -0.897. The van der Waals surface area contributed by atoms with Crippen molar-refractivity contribution in [1.29, 1.82) is 0 Å². The van der Waals surface area contributed by atoms with Gasteiger partial charge in [0.15, 0.2) is 0 Å². The highest BCUT2D eigenvalue weighted by molar-refractivity contribution is 5.68. The predicted molar refractivity (Wildman–Crippen MR) is 85.9 cm³/mol. The first-order valence-electron chi connectivity index (χ1n) is 7.77. The van der Waals surface area contributed by atoms with Crippen LogP contribution < -0.4 is 0 Å². The molecule has 0 aliphatic carbocycles. The van der Waals surface area contributed by atoms with Crippen LogP contribution in [0.5, 0.6) is 0 Å². The van der Waals surface area contributed by atoms with Crippen molar-refractivity contribution >= 4 is 17.9 Å². The molecule has 0 aromatic rings. The first-order valence-corrected chi connectivity index (χ1v) is 7.77. The van der Waals surface area contributed by atoms with E-state index in [1.807, 2.05) is 6.92 Å². The van der Waals surface area contributed by atoms with Gasteiger partial charge in [-0.25, -0.2) is 8.78 Å². The molecular formula is C16H30F2O6. The maximum Gasteiger partial charge on any atom is 0.305 e. The van der Waals surface area contributed by atoms with Crippen LogP contribution in [0.15, 0.2) is 0 Å². The van der Waals surface area contributed by atoms with E-state index < -0.39 is 18.3 Å². The second-order valence-electron chi connectivity index (χ2n) is 4.74. The molecule has 6 nitrogen and oxygen atoms in total. The molecule has 24 heavy (non-hydrogen) atoms. The molecule has 0 saturated heterocycles. The molecule has 0 fully saturated rings. The number of carbonyl (C=O) groups excluding carboxylic acids is 3. The van der Waals surface area contributed by atoms with Gasteiger partial charge in [-0.1, -0.05) is 13.8 Å². The van der Waals surface area contributed by atoms with E-state index in [1.54, 1.807) is 6.92 Å². The average Bonchev–Trinajstić information content (AvgIpc) is 2.49. The molecule has 0 spiro atoms. The van der Waals surface area contributed by atoms with Crippen molar-refractivity contribution in [2.45, 2.75) is 66.7 Å². The second-order valence-corrected chi connectivity index (χ2v) is 4.74. The van der Waals surface area contributed by atoms with Gasteiger partial charge in [-0.05, 0) is 20.3 Å². The van der Waals surface area contributed by atoms with E-state index in [0.717, 1.165) is 6.42 Å². The summed E-state index contributed by atoms with van der Waals surface area (Å²) < 4.78 is 37.0. The molecule has 8 heteroatoms. The molecule has 2 unspecified atom stereocenters. The monoisotopic (exact) mass is 356 g/mol. The Balaban J connectivity index is -0.000000278. The van der Waals surface area contributed by atoms with Gasteiger partial charge in [-0.2, -0.15) is 0 Å². The highest BCUT2D eigenvalue weighted by atomic mass is 19.1. The van der Waals surface area contributed by atoms with Crippen LogP contribution >= 0.6 is 0 Å². The fourth-order valence-electron chi connectivity index (χ4n) is 0.788. The van der Waals surface area contributed by atoms with Crippen LogP contribution in [0.2, 0.25) is 0 Å². The zero-order valence-electron chi connectivity index (χ0n) is 15.4. The van der Waals surface area contributed by atoms with Crippen molar-refractivity contribution in [3.8, 4) is 0 Å². The van der Waals surface area contributed by atoms with Crippen LogP contribution in [0.4, 0.5) is 8.78 Å². The van der Waals surface area contributed by atoms with Crippen molar-refractivity contribution < 1.29 is 37.4 Å². The fourth-order valence-corrected chi connectivity index (χ4v) is 0.788. The summed E-state index contributed by atoms with van der Waals surface area (Å²) in [5, 5.41) is 0. The lowest BCUT2D eigenvalue weighted by Crippen LogP contribution is -2.10. The Kier molecular flexibility index (Phi) is 21.8. The Labute approximate surface area is 142 Å². The van der Waals surface area contributed by atoms with Crippen LogP contribution in [-0.2, 0) is 28.6 Å². The average molecular weight is 356 g/mol. The summed E-state index contributed by atoms with van der Waals surface area (Å²) in [4.78, 5) is 30.3. The SMILES string of the molecule is CC(=O)OCC(C)F.CCC(=O)OCC(C)F.CCCOC(C)=O. The third-order valence-corrected chi connectivity index (χ3v) is 1.79. The molecule has 0 aliphatic rings. The van der Waals surface area contributed by atoms with E-state index in [9.17, 15) is 23.2 Å². The molecule has 0 saturated carbocycles. The number of alkyl halides is 2. The number of rotatable bonds is 7. The van der Waals surface area contributed by atoms with Gasteiger partial charge in [0.25, 0.3) is 0 Å². The van der Waals surface area contributed by atoms with Crippen LogP contribution in [-0.4, -0.2) is 50.1 Å². The van der Waals surface area contributed by atoms with Crippen LogP contribution in [0.1, 0.15) is 54.4 Å². The largest absolute Gasteiger partial charge is 0.466 e. The number of carbonyl (C=O) groups is 3. The maximum absolute atomic E-state index is 11.9. The molecule has 0 N–H and O–H groups in total. The molecule has 0 rings (SSSR count). The fraction of sp³-hybridized carbons (Fsp3) is 0.812. The summed E-state index contributed by atoms with van der Waals surface area (Å²) in [6.45, 7) is 9.29. The van der Waals surface area contributed by atoms with Gasteiger partial charge in [-0.15, -0.1) is 0 Å². The van der Waals surface area contributed by atoms with Gasteiger partial charge in [0.05, 0.1) is 6.61 Å². The van der Waals surface area contributed by atoms with E-state index in [4.69, 9.17) is 0 Å². The Morgan fingerprint density at radius 2 is 1.25 bits per heavy atom. The Morgan fingerprint density at radius 3 is 1.46 bits per heavy atom. The van der Waals surface area contributed by atoms with E-state index >= 15 is 0 Å². The lowest BCUT2D eigenvalue weighted by atomic mass is 10.4. The quantitative estimate of drug-likeness (QED) is 0.515. The number of hydrogen-bond donors (Lipinski definition) is 0. The third kappa shape index (κ3) is 37.0. The van der Waals surface area contributed by atoms with Gasteiger partial charge in [-0.3, -0.25) is 14.4 Å². The summed E-state index contributed by atoms with van der Waals surface area (Å²) in [6, 6.07) is 0. The number of halogens is 2. The summed E-state index contributed by atoms with van der Waals surface area (Å²) in [5.41, 5.74) is 0. The molecule has 144 valence electrons. The van der Waals surface area contributed by atoms with E-state index in [-0.39, 0.29) is 25.2 Å².